The first-order chi connectivity index (χ1) is 6.31. The number of hydrogen-bond acceptors (Lipinski definition) is 4. The van der Waals surface area contributed by atoms with Crippen molar-refractivity contribution in [2.24, 2.45) is 0 Å². The number of hydrogen-bond donors (Lipinski definition) is 2. The highest BCUT2D eigenvalue weighted by molar-refractivity contribution is 5.68. The van der Waals surface area contributed by atoms with E-state index in [0.29, 0.717) is 13.0 Å². The smallest absolute Gasteiger partial charge is 0.305 e. The fourth-order valence-corrected chi connectivity index (χ4v) is 1.00. The molecule has 0 bridgehead atoms. The lowest BCUT2D eigenvalue weighted by Crippen LogP contribution is -2.19. The number of aliphatic hydroxyl groups is 1. The average Bonchev–Trinajstić information content (AvgIpc) is 2.16. The molecule has 0 radical (unpaired) electrons. The molecule has 0 aliphatic heterocycles. The van der Waals surface area contributed by atoms with E-state index in [2.05, 4.69) is 10.1 Å². The van der Waals surface area contributed by atoms with Gasteiger partial charge in [0.1, 0.15) is 0 Å². The molecule has 0 saturated carbocycles. The molecule has 0 saturated heterocycles. The van der Waals surface area contributed by atoms with Gasteiger partial charge in [0.15, 0.2) is 0 Å². The van der Waals surface area contributed by atoms with Crippen LogP contribution >= 0.6 is 0 Å². The van der Waals surface area contributed by atoms with Crippen molar-refractivity contribution >= 4 is 5.97 Å². The molecule has 13 heavy (non-hydrogen) atoms. The van der Waals surface area contributed by atoms with Gasteiger partial charge in [0.2, 0.25) is 0 Å². The van der Waals surface area contributed by atoms with Crippen molar-refractivity contribution in [3.05, 3.63) is 0 Å². The number of carbonyl (C=O) groups is 1. The number of carbonyl (C=O) groups excluding carboxylic acids is 1. The zero-order chi connectivity index (χ0) is 9.94. The maximum atomic E-state index is 10.7. The Hall–Kier alpha value is -0.610. The molecule has 0 aromatic rings. The zero-order valence-corrected chi connectivity index (χ0v) is 8.21. The van der Waals surface area contributed by atoms with Crippen LogP contribution in [0.4, 0.5) is 0 Å². The summed E-state index contributed by atoms with van der Waals surface area (Å²) >= 11 is 0. The molecule has 4 nitrogen and oxygen atoms in total. The zero-order valence-electron chi connectivity index (χ0n) is 8.21. The van der Waals surface area contributed by atoms with E-state index in [-0.39, 0.29) is 12.6 Å². The summed E-state index contributed by atoms with van der Waals surface area (Å²) in [5, 5.41) is 11.5. The van der Waals surface area contributed by atoms with E-state index in [0.717, 1.165) is 25.8 Å². The number of esters is 1. The first-order valence-corrected chi connectivity index (χ1v) is 4.69. The maximum absolute atomic E-state index is 10.7. The summed E-state index contributed by atoms with van der Waals surface area (Å²) in [6.07, 6.45) is 3.45. The largest absolute Gasteiger partial charge is 0.469 e. The van der Waals surface area contributed by atoms with Gasteiger partial charge in [-0.25, -0.2) is 0 Å². The Bertz CT molecular complexity index is 128. The van der Waals surface area contributed by atoms with Crippen LogP contribution in [0.3, 0.4) is 0 Å². The highest BCUT2D eigenvalue weighted by atomic mass is 16.5. The Morgan fingerprint density at radius 2 is 2.08 bits per heavy atom. The maximum Gasteiger partial charge on any atom is 0.305 e. The third-order valence-corrected chi connectivity index (χ3v) is 1.75. The van der Waals surface area contributed by atoms with Crippen molar-refractivity contribution in [2.45, 2.75) is 25.7 Å². The normalized spacial score (nSPS) is 10.0. The molecule has 0 rings (SSSR count). The van der Waals surface area contributed by atoms with Crippen molar-refractivity contribution in [1.82, 2.24) is 5.32 Å². The Morgan fingerprint density at radius 1 is 1.31 bits per heavy atom. The van der Waals surface area contributed by atoms with E-state index in [1.54, 1.807) is 0 Å². The van der Waals surface area contributed by atoms with E-state index in [1.807, 2.05) is 0 Å². The number of unbranched alkanes of at least 4 members (excludes halogenated alkanes) is 2. The highest BCUT2D eigenvalue weighted by Crippen LogP contribution is 1.99. The first-order valence-electron chi connectivity index (χ1n) is 4.69. The monoisotopic (exact) mass is 189 g/mol. The molecule has 4 heteroatoms. The lowest BCUT2D eigenvalue weighted by molar-refractivity contribution is -0.140. The predicted molar refractivity (Wildman–Crippen MR) is 50.4 cm³/mol. The molecule has 0 aromatic carbocycles. The van der Waals surface area contributed by atoms with Gasteiger partial charge in [-0.05, 0) is 19.4 Å². The average molecular weight is 189 g/mol. The van der Waals surface area contributed by atoms with E-state index in [4.69, 9.17) is 5.11 Å². The lowest BCUT2D eigenvalue weighted by Gasteiger charge is -2.01. The highest BCUT2D eigenvalue weighted by Gasteiger charge is 1.98. The SMILES string of the molecule is COC(=O)CCCCCNCCO. The summed E-state index contributed by atoms with van der Waals surface area (Å²) in [5.74, 6) is -0.136. The predicted octanol–water partition coefficient (Wildman–Crippen LogP) is 0.302. The van der Waals surface area contributed by atoms with Crippen LogP contribution < -0.4 is 5.32 Å². The van der Waals surface area contributed by atoms with Gasteiger partial charge in [-0.3, -0.25) is 4.79 Å². The molecule has 0 unspecified atom stereocenters. The number of aliphatic hydroxyl groups excluding tert-OH is 1. The summed E-state index contributed by atoms with van der Waals surface area (Å²) in [4.78, 5) is 10.7. The third kappa shape index (κ3) is 9.30. The molecule has 0 spiro atoms. The Kier molecular flexibility index (Phi) is 9.03. The molecule has 78 valence electrons. The van der Waals surface area contributed by atoms with Gasteiger partial charge >= 0.3 is 5.97 Å². The van der Waals surface area contributed by atoms with E-state index in [9.17, 15) is 4.79 Å². The Morgan fingerprint density at radius 3 is 2.69 bits per heavy atom. The number of rotatable bonds is 8. The minimum atomic E-state index is -0.136. The number of methoxy groups -OCH3 is 1. The molecule has 0 aliphatic carbocycles. The van der Waals surface area contributed by atoms with Crippen LogP contribution in [0.2, 0.25) is 0 Å². The molecule has 0 aromatic heterocycles. The van der Waals surface area contributed by atoms with Crippen molar-refractivity contribution in [3.8, 4) is 0 Å². The van der Waals surface area contributed by atoms with Crippen LogP contribution in [0.15, 0.2) is 0 Å². The summed E-state index contributed by atoms with van der Waals surface area (Å²) in [7, 11) is 1.41. The summed E-state index contributed by atoms with van der Waals surface area (Å²) in [6.45, 7) is 1.74. The fourth-order valence-electron chi connectivity index (χ4n) is 1.00. The van der Waals surface area contributed by atoms with Gasteiger partial charge in [-0.15, -0.1) is 0 Å². The van der Waals surface area contributed by atoms with Crippen molar-refractivity contribution in [1.29, 1.82) is 0 Å². The summed E-state index contributed by atoms with van der Waals surface area (Å²) in [5.41, 5.74) is 0. The second-order valence-electron chi connectivity index (χ2n) is 2.86. The van der Waals surface area contributed by atoms with E-state index in [1.165, 1.54) is 7.11 Å². The summed E-state index contributed by atoms with van der Waals surface area (Å²) in [6, 6.07) is 0. The molecule has 0 atom stereocenters. The lowest BCUT2D eigenvalue weighted by atomic mass is 10.2. The molecule has 2 N–H and O–H groups in total. The molecular weight excluding hydrogens is 170 g/mol. The molecule has 0 fully saturated rings. The van der Waals surface area contributed by atoms with Crippen LogP contribution in [0.25, 0.3) is 0 Å². The van der Waals surface area contributed by atoms with Crippen molar-refractivity contribution in [2.75, 3.05) is 26.8 Å². The van der Waals surface area contributed by atoms with Gasteiger partial charge in [0, 0.05) is 13.0 Å². The van der Waals surface area contributed by atoms with Crippen LogP contribution in [0, 0.1) is 0 Å². The van der Waals surface area contributed by atoms with Gasteiger partial charge in [0.05, 0.1) is 13.7 Å². The van der Waals surface area contributed by atoms with Crippen LogP contribution in [0.1, 0.15) is 25.7 Å². The Balaban J connectivity index is 2.95. The topological polar surface area (TPSA) is 58.6 Å². The fraction of sp³-hybridized carbons (Fsp3) is 0.889. The molecular formula is C9H19NO3. The second kappa shape index (κ2) is 9.48. The standard InChI is InChI=1S/C9H19NO3/c1-13-9(12)5-3-2-4-6-10-7-8-11/h10-11H,2-8H2,1H3. The molecule has 0 amide bonds. The quantitative estimate of drug-likeness (QED) is 0.426. The minimum Gasteiger partial charge on any atom is -0.469 e. The Labute approximate surface area is 79.3 Å². The number of nitrogens with one attached hydrogen (secondary N) is 1. The van der Waals surface area contributed by atoms with Gasteiger partial charge in [0.25, 0.3) is 0 Å². The van der Waals surface area contributed by atoms with Crippen molar-refractivity contribution < 1.29 is 14.6 Å². The molecule has 0 aliphatic rings. The summed E-state index contributed by atoms with van der Waals surface area (Å²) < 4.78 is 4.51. The third-order valence-electron chi connectivity index (χ3n) is 1.75. The van der Waals surface area contributed by atoms with E-state index >= 15 is 0 Å². The van der Waals surface area contributed by atoms with Crippen LogP contribution in [-0.2, 0) is 9.53 Å². The number of ether oxygens (including phenoxy) is 1. The molecule has 0 heterocycles. The van der Waals surface area contributed by atoms with Crippen LogP contribution in [0.5, 0.6) is 0 Å². The van der Waals surface area contributed by atoms with E-state index < -0.39 is 0 Å². The minimum absolute atomic E-state index is 0.136. The second-order valence-corrected chi connectivity index (χ2v) is 2.86. The van der Waals surface area contributed by atoms with Gasteiger partial charge in [-0.1, -0.05) is 6.42 Å². The van der Waals surface area contributed by atoms with Crippen LogP contribution in [-0.4, -0.2) is 37.9 Å². The first kappa shape index (κ1) is 12.4. The van der Waals surface area contributed by atoms with Crippen molar-refractivity contribution in [3.63, 3.8) is 0 Å². The van der Waals surface area contributed by atoms with Gasteiger partial charge in [-0.2, -0.15) is 0 Å². The van der Waals surface area contributed by atoms with Gasteiger partial charge < -0.3 is 15.2 Å².